The van der Waals surface area contributed by atoms with Crippen molar-refractivity contribution in [1.29, 1.82) is 0 Å². The van der Waals surface area contributed by atoms with Crippen LogP contribution in [0.25, 0.3) is 6.08 Å². The van der Waals surface area contributed by atoms with E-state index in [1.54, 1.807) is 31.4 Å². The summed E-state index contributed by atoms with van der Waals surface area (Å²) in [6, 6.07) is 19.7. The molecular weight excluding hydrogens is 612 g/mol. The molecule has 1 aliphatic heterocycles. The van der Waals surface area contributed by atoms with E-state index in [1.165, 1.54) is 11.3 Å². The zero-order valence-corrected chi connectivity index (χ0v) is 27.4. The van der Waals surface area contributed by atoms with E-state index in [-0.39, 0.29) is 18.3 Å². The van der Waals surface area contributed by atoms with E-state index in [9.17, 15) is 9.59 Å². The van der Waals surface area contributed by atoms with Crippen LogP contribution in [0, 0.1) is 0 Å². The molecule has 5 rings (SSSR count). The third-order valence-electron chi connectivity index (χ3n) is 7.00. The Morgan fingerprint density at radius 1 is 1.00 bits per heavy atom. The number of ether oxygens (including phenoxy) is 4. The second kappa shape index (κ2) is 14.2. The van der Waals surface area contributed by atoms with Crippen molar-refractivity contribution in [3.63, 3.8) is 0 Å². The Hall–Kier alpha value is -4.34. The van der Waals surface area contributed by atoms with E-state index >= 15 is 0 Å². The van der Waals surface area contributed by atoms with Gasteiger partial charge in [0.1, 0.15) is 12.4 Å². The van der Waals surface area contributed by atoms with Gasteiger partial charge in [0, 0.05) is 10.6 Å². The lowest BCUT2D eigenvalue weighted by atomic mass is 9.96. The first-order valence-corrected chi connectivity index (χ1v) is 16.0. The Bertz CT molecular complexity index is 1910. The number of halogens is 1. The van der Waals surface area contributed by atoms with E-state index in [2.05, 4.69) is 4.99 Å². The van der Waals surface area contributed by atoms with Crippen LogP contribution in [-0.4, -0.2) is 29.9 Å². The van der Waals surface area contributed by atoms with Crippen LogP contribution < -0.4 is 29.1 Å². The molecule has 3 aromatic carbocycles. The number of thiazole rings is 1. The predicted molar refractivity (Wildman–Crippen MR) is 176 cm³/mol. The van der Waals surface area contributed by atoms with Crippen LogP contribution in [0.3, 0.4) is 0 Å². The monoisotopic (exact) mass is 646 g/mol. The second-order valence-corrected chi connectivity index (χ2v) is 12.0. The van der Waals surface area contributed by atoms with Crippen molar-refractivity contribution < 1.29 is 23.7 Å². The lowest BCUT2D eigenvalue weighted by Crippen LogP contribution is -2.40. The molecular formula is C35H35ClN2O6S. The molecule has 45 heavy (non-hydrogen) atoms. The van der Waals surface area contributed by atoms with Crippen LogP contribution in [0.4, 0.5) is 0 Å². The number of rotatable bonds is 11. The average Bonchev–Trinajstić information content (AvgIpc) is 3.31. The fourth-order valence-electron chi connectivity index (χ4n) is 5.01. The lowest BCUT2D eigenvalue weighted by molar-refractivity contribution is -0.143. The van der Waals surface area contributed by atoms with Gasteiger partial charge in [-0.3, -0.25) is 9.36 Å². The standard InChI is InChI=1S/C35H35ClN2O6S/c1-6-41-26-15-13-24(14-16-26)32-31(34(40)44-21(3)4)22(5)37-35-38(32)33(39)30(45-35)19-23-12-17-28(29(18-23)42-7-2)43-20-25-10-8-9-11-27(25)36/h8-19,21,32H,6-7,20H2,1-5H3/b30-19+/t32-/m1/s1. The third kappa shape index (κ3) is 7.16. The number of esters is 1. The van der Waals surface area contributed by atoms with Gasteiger partial charge in [0.15, 0.2) is 16.3 Å². The summed E-state index contributed by atoms with van der Waals surface area (Å²) in [4.78, 5) is 32.6. The van der Waals surface area contributed by atoms with Gasteiger partial charge >= 0.3 is 5.97 Å². The van der Waals surface area contributed by atoms with Gasteiger partial charge in [0.25, 0.3) is 5.56 Å². The molecule has 0 bridgehead atoms. The first kappa shape index (κ1) is 32.1. The summed E-state index contributed by atoms with van der Waals surface area (Å²) in [6.07, 6.45) is 1.46. The molecule has 0 saturated heterocycles. The van der Waals surface area contributed by atoms with Crippen LogP contribution >= 0.6 is 22.9 Å². The van der Waals surface area contributed by atoms with E-state index in [4.69, 9.17) is 30.5 Å². The summed E-state index contributed by atoms with van der Waals surface area (Å²) in [5.74, 6) is 1.31. The van der Waals surface area contributed by atoms with Crippen molar-refractivity contribution in [3.05, 3.63) is 119 Å². The fourth-order valence-corrected chi connectivity index (χ4v) is 6.25. The molecule has 0 spiro atoms. The Labute approximate surface area is 270 Å². The highest BCUT2D eigenvalue weighted by Crippen LogP contribution is 2.33. The number of carbonyl (C=O) groups is 1. The molecule has 0 radical (unpaired) electrons. The lowest BCUT2D eigenvalue weighted by Gasteiger charge is -2.25. The van der Waals surface area contributed by atoms with Gasteiger partial charge in [-0.1, -0.05) is 59.3 Å². The van der Waals surface area contributed by atoms with Gasteiger partial charge in [-0.05, 0) is 82.2 Å². The maximum atomic E-state index is 14.1. The molecule has 234 valence electrons. The van der Waals surface area contributed by atoms with Crippen LogP contribution in [0.5, 0.6) is 17.2 Å². The van der Waals surface area contributed by atoms with Crippen molar-refractivity contribution in [3.8, 4) is 17.2 Å². The maximum absolute atomic E-state index is 14.1. The first-order valence-electron chi connectivity index (χ1n) is 14.8. The van der Waals surface area contributed by atoms with Gasteiger partial charge in [0.05, 0.1) is 41.2 Å². The zero-order chi connectivity index (χ0) is 32.1. The minimum Gasteiger partial charge on any atom is -0.494 e. The number of allylic oxidation sites excluding steroid dienone is 1. The van der Waals surface area contributed by atoms with Gasteiger partial charge in [-0.2, -0.15) is 0 Å². The van der Waals surface area contributed by atoms with Gasteiger partial charge in [-0.25, -0.2) is 9.79 Å². The largest absolute Gasteiger partial charge is 0.494 e. The molecule has 0 saturated carbocycles. The molecule has 0 aliphatic carbocycles. The average molecular weight is 647 g/mol. The Kier molecular flexibility index (Phi) is 10.1. The summed E-state index contributed by atoms with van der Waals surface area (Å²) in [5.41, 5.74) is 2.92. The van der Waals surface area contributed by atoms with E-state index in [1.807, 2.05) is 80.6 Å². The number of fused-ring (bicyclic) bond motifs is 1. The summed E-state index contributed by atoms with van der Waals surface area (Å²) in [6.45, 7) is 10.4. The molecule has 1 atom stereocenters. The number of carbonyl (C=O) groups excluding carboxylic acids is 1. The molecule has 8 nitrogen and oxygen atoms in total. The molecule has 10 heteroatoms. The Morgan fingerprint density at radius 3 is 2.42 bits per heavy atom. The Balaban J connectivity index is 1.55. The molecule has 0 fully saturated rings. The van der Waals surface area contributed by atoms with Crippen molar-refractivity contribution in [2.75, 3.05) is 13.2 Å². The quantitative estimate of drug-likeness (QED) is 0.180. The van der Waals surface area contributed by atoms with E-state index in [0.717, 1.165) is 16.7 Å². The molecule has 0 amide bonds. The Morgan fingerprint density at radius 2 is 1.73 bits per heavy atom. The van der Waals surface area contributed by atoms with Crippen LogP contribution in [-0.2, 0) is 16.1 Å². The molecule has 4 aromatic rings. The first-order chi connectivity index (χ1) is 21.7. The van der Waals surface area contributed by atoms with E-state index in [0.29, 0.717) is 56.1 Å². The highest BCUT2D eigenvalue weighted by molar-refractivity contribution is 7.07. The smallest absolute Gasteiger partial charge is 0.338 e. The van der Waals surface area contributed by atoms with Gasteiger partial charge in [-0.15, -0.1) is 0 Å². The molecule has 0 unspecified atom stereocenters. The molecule has 0 N–H and O–H groups in total. The number of hydrogen-bond donors (Lipinski definition) is 0. The van der Waals surface area contributed by atoms with Gasteiger partial charge in [0.2, 0.25) is 0 Å². The fraction of sp³-hybridized carbons (Fsp3) is 0.286. The maximum Gasteiger partial charge on any atom is 0.338 e. The summed E-state index contributed by atoms with van der Waals surface area (Å²) in [5, 5.41) is 0.627. The van der Waals surface area contributed by atoms with E-state index < -0.39 is 12.0 Å². The SMILES string of the molecule is CCOc1ccc([C@@H]2C(C(=O)OC(C)C)=C(C)N=c3s/c(=C/c4ccc(OCc5ccccc5Cl)c(OCC)c4)c(=O)n32)cc1. The predicted octanol–water partition coefficient (Wildman–Crippen LogP) is 6.22. The number of benzene rings is 3. The number of nitrogens with zero attached hydrogens (tertiary/aromatic N) is 2. The van der Waals surface area contributed by atoms with Crippen molar-refractivity contribution in [1.82, 2.24) is 4.57 Å². The highest BCUT2D eigenvalue weighted by atomic mass is 35.5. The molecule has 1 aromatic heterocycles. The number of hydrogen-bond acceptors (Lipinski definition) is 8. The zero-order valence-electron chi connectivity index (χ0n) is 25.8. The van der Waals surface area contributed by atoms with Crippen molar-refractivity contribution in [2.24, 2.45) is 4.99 Å². The highest BCUT2D eigenvalue weighted by Gasteiger charge is 2.33. The van der Waals surface area contributed by atoms with Crippen molar-refractivity contribution >= 4 is 35.0 Å². The van der Waals surface area contributed by atoms with Crippen LogP contribution in [0.15, 0.2) is 87.8 Å². The summed E-state index contributed by atoms with van der Waals surface area (Å²) >= 11 is 7.56. The van der Waals surface area contributed by atoms with Crippen molar-refractivity contribution in [2.45, 2.75) is 53.4 Å². The molecule has 1 aliphatic rings. The minimum atomic E-state index is -0.718. The summed E-state index contributed by atoms with van der Waals surface area (Å²) in [7, 11) is 0. The van der Waals surface area contributed by atoms with Crippen LogP contribution in [0.1, 0.15) is 57.4 Å². The number of aromatic nitrogens is 1. The minimum absolute atomic E-state index is 0.267. The summed E-state index contributed by atoms with van der Waals surface area (Å²) < 4.78 is 25.2. The normalized spacial score (nSPS) is 14.6. The topological polar surface area (TPSA) is 88.4 Å². The third-order valence-corrected chi connectivity index (χ3v) is 8.35. The molecule has 2 heterocycles. The second-order valence-electron chi connectivity index (χ2n) is 10.6. The van der Waals surface area contributed by atoms with Crippen LogP contribution in [0.2, 0.25) is 5.02 Å². The van der Waals surface area contributed by atoms with Gasteiger partial charge < -0.3 is 18.9 Å².